The predicted octanol–water partition coefficient (Wildman–Crippen LogP) is 4.11. The van der Waals surface area contributed by atoms with E-state index in [0.717, 1.165) is 30.3 Å². The molecule has 0 aromatic carbocycles. The van der Waals surface area contributed by atoms with Crippen LogP contribution in [0.1, 0.15) is 91.9 Å². The molecule has 0 amide bonds. The molecular weight excluding hydrogens is 1000 g/mol. The van der Waals surface area contributed by atoms with Gasteiger partial charge in [-0.1, -0.05) is 47.3 Å². The number of aliphatic hydroxyl groups excluding tert-OH is 2. The van der Waals surface area contributed by atoms with E-state index in [0.29, 0.717) is 29.6 Å². The number of nitrogens with two attached hydrogens (primary N) is 1. The molecule has 3 aliphatic heterocycles. The summed E-state index contributed by atoms with van der Waals surface area (Å²) in [6.45, 7) is 25.6. The monoisotopic (exact) mass is 1070 g/mol. The van der Waals surface area contributed by atoms with Gasteiger partial charge >= 0.3 is 39.0 Å². The topological polar surface area (TPSA) is 354 Å². The first-order chi connectivity index (χ1) is 32.7. The van der Waals surface area contributed by atoms with Crippen molar-refractivity contribution in [1.82, 2.24) is 44.0 Å². The molecule has 6 N–H and O–H groups in total. The number of esters is 1. The average molecular weight is 1070 g/mol. The van der Waals surface area contributed by atoms with Gasteiger partial charge in [0.05, 0.1) is 31.0 Å². The molecule has 3 aromatic rings. The Labute approximate surface area is 412 Å². The van der Waals surface area contributed by atoms with E-state index in [1.54, 1.807) is 13.0 Å². The van der Waals surface area contributed by atoms with Crippen LogP contribution in [-0.2, 0) is 33.9 Å². The van der Waals surface area contributed by atoms with E-state index in [9.17, 15) is 32.7 Å². The van der Waals surface area contributed by atoms with Crippen molar-refractivity contribution in [3.8, 4) is 12.1 Å². The highest BCUT2D eigenvalue weighted by Gasteiger charge is 2.44. The molecule has 0 spiro atoms. The number of aliphatic hydroxyl groups is 2. The molecule has 25 nitrogen and oxygen atoms in total. The third-order valence-corrected chi connectivity index (χ3v) is 11.8. The lowest BCUT2D eigenvalue weighted by molar-refractivity contribution is -0.172. The number of alkyl halides is 3. The summed E-state index contributed by atoms with van der Waals surface area (Å²) in [5.41, 5.74) is -1.16. The molecule has 3 aromatic heterocycles. The minimum atomic E-state index is -5.84. The van der Waals surface area contributed by atoms with E-state index in [2.05, 4.69) is 107 Å². The molecule has 402 valence electrons. The van der Waals surface area contributed by atoms with E-state index in [-0.39, 0.29) is 55.4 Å². The average Bonchev–Trinajstić information content (AvgIpc) is 3.91. The summed E-state index contributed by atoms with van der Waals surface area (Å²) in [6, 6.07) is 2.18. The standard InChI is InChI=1S/C11H17N3O2.C9H20N4OSi2.C9H16O3.C8H12N4O4.C2H3N.CHF3O3S/c1-4-9-7(2)5-10(16-9)14-6-12-8(3)13-11(14)15;1-15(2,3)13-8-10-7-11-9(12-8)14-16(4,5)6;1-4-8-6(2)5-9(12-8)11-7(3)10;9-7-10-3-12(8(15)11-7)6-1-4(14)5(2-13)16-6;1-2-3;2-1(3,4)8(5,6)7/h6-7,9-10H,4-5H2,1-3H3;7H,1-6H3,(H,10,11,12,13);6,8-9H,4-5H2,1-3H3;3-6,13-14H,1-2H2,(H2,9,11,15);1H3;(H,5,6,7)/t7-,9-,10-;;6-,8-,9+;4-,5-,6-;;/m1.11../s1. The number of rotatable bonds is 10. The molecule has 3 aliphatic rings. The number of aromatic nitrogens is 9. The number of nitrogens with zero attached hydrogens (tertiary/aromatic N) is 10. The molecule has 0 bridgehead atoms. The van der Waals surface area contributed by atoms with Gasteiger partial charge in [0.25, 0.3) is 0 Å². The van der Waals surface area contributed by atoms with Gasteiger partial charge in [0.15, 0.2) is 0 Å². The van der Waals surface area contributed by atoms with Crippen molar-refractivity contribution in [3.63, 3.8) is 0 Å². The Bertz CT molecular complexity index is 2280. The number of nitrogen functional groups attached to an aromatic ring is 1. The number of carbonyl (C=O) groups excluding carboxylic acids is 1. The number of nitrogens with one attached hydrogen (secondary N) is 1. The van der Waals surface area contributed by atoms with Crippen molar-refractivity contribution in [1.29, 1.82) is 5.26 Å². The van der Waals surface area contributed by atoms with Crippen molar-refractivity contribution >= 4 is 44.5 Å². The minimum absolute atomic E-state index is 0.112. The normalized spacial score (nSPS) is 23.7. The number of carbonyl (C=O) groups is 1. The largest absolute Gasteiger partial charge is 0.522 e. The fourth-order valence-corrected chi connectivity index (χ4v) is 7.80. The summed E-state index contributed by atoms with van der Waals surface area (Å²) in [7, 11) is -8.92. The van der Waals surface area contributed by atoms with Gasteiger partial charge in [-0.05, 0) is 57.7 Å². The summed E-state index contributed by atoms with van der Waals surface area (Å²) in [4.78, 5) is 64.3. The number of ether oxygens (including phenoxy) is 4. The highest BCUT2D eigenvalue weighted by Crippen LogP contribution is 2.33. The number of hydrogen-bond donors (Lipinski definition) is 5. The van der Waals surface area contributed by atoms with Gasteiger partial charge in [-0.2, -0.15) is 46.8 Å². The number of hydrogen-bond acceptors (Lipinski definition) is 22. The molecule has 0 saturated carbocycles. The smallest absolute Gasteiger partial charge is 0.518 e. The number of halogens is 3. The van der Waals surface area contributed by atoms with Crippen LogP contribution in [0.25, 0.3) is 0 Å². The summed E-state index contributed by atoms with van der Waals surface area (Å²) in [5.74, 6) is 1.71. The minimum Gasteiger partial charge on any atom is -0.518 e. The van der Waals surface area contributed by atoms with E-state index in [1.165, 1.54) is 37.4 Å². The Balaban J connectivity index is 0.000000445. The van der Waals surface area contributed by atoms with E-state index < -0.39 is 56.3 Å². The van der Waals surface area contributed by atoms with Crippen LogP contribution in [0.5, 0.6) is 6.01 Å². The Morgan fingerprint density at radius 1 is 0.901 bits per heavy atom. The Morgan fingerprint density at radius 3 is 1.82 bits per heavy atom. The Hall–Kier alpha value is -5.08. The predicted molar refractivity (Wildman–Crippen MR) is 255 cm³/mol. The summed E-state index contributed by atoms with van der Waals surface area (Å²) < 4.78 is 87.4. The van der Waals surface area contributed by atoms with Crippen molar-refractivity contribution in [2.75, 3.05) is 17.3 Å². The van der Waals surface area contributed by atoms with Crippen molar-refractivity contribution in [3.05, 3.63) is 45.8 Å². The maximum Gasteiger partial charge on any atom is 0.522 e. The Kier molecular flexibility index (Phi) is 26.0. The first-order valence-electron chi connectivity index (χ1n) is 22.2. The lowest BCUT2D eigenvalue weighted by atomic mass is 10.0. The van der Waals surface area contributed by atoms with Crippen LogP contribution >= 0.6 is 0 Å². The van der Waals surface area contributed by atoms with Gasteiger partial charge < -0.3 is 44.3 Å². The number of anilines is 2. The number of aryl methyl sites for hydroxylation is 1. The van der Waals surface area contributed by atoms with E-state index in [4.69, 9.17) is 52.4 Å². The van der Waals surface area contributed by atoms with Gasteiger partial charge in [-0.3, -0.25) is 18.5 Å². The quantitative estimate of drug-likeness (QED) is 0.0825. The molecule has 71 heavy (non-hydrogen) atoms. The molecule has 0 radical (unpaired) electrons. The third kappa shape index (κ3) is 23.8. The van der Waals surface area contributed by atoms with Gasteiger partial charge in [0.2, 0.25) is 26.5 Å². The Morgan fingerprint density at radius 2 is 1.39 bits per heavy atom. The van der Waals surface area contributed by atoms with Crippen LogP contribution in [0, 0.1) is 30.1 Å². The summed E-state index contributed by atoms with van der Waals surface area (Å²) >= 11 is 0. The van der Waals surface area contributed by atoms with Crippen LogP contribution in [0.4, 0.5) is 25.1 Å². The fraction of sp³-hybridized carbons (Fsp3) is 0.725. The van der Waals surface area contributed by atoms with Crippen LogP contribution in [0.2, 0.25) is 39.3 Å². The van der Waals surface area contributed by atoms with E-state index in [1.807, 2.05) is 0 Å². The molecule has 6 heterocycles. The molecule has 9 atom stereocenters. The maximum atomic E-state index is 11.7. The lowest BCUT2D eigenvalue weighted by Gasteiger charge is -2.20. The second kappa shape index (κ2) is 28.8. The molecule has 6 rings (SSSR count). The lowest BCUT2D eigenvalue weighted by Crippen LogP contribution is -2.34. The van der Waals surface area contributed by atoms with E-state index >= 15 is 0 Å². The second-order valence-corrected chi connectivity index (χ2v) is 28.6. The highest BCUT2D eigenvalue weighted by atomic mass is 32.2. The maximum absolute atomic E-state index is 11.7. The highest BCUT2D eigenvalue weighted by molar-refractivity contribution is 7.86. The van der Waals surface area contributed by atoms with Gasteiger partial charge in [0.1, 0.15) is 51.6 Å². The fourth-order valence-electron chi connectivity index (χ4n) is 6.36. The van der Waals surface area contributed by atoms with Crippen molar-refractivity contribution in [2.45, 2.75) is 169 Å². The summed E-state index contributed by atoms with van der Waals surface area (Å²) in [6.07, 6.45) is 5.91. The SMILES string of the molecule is CC#N.CC[C@H]1O[C@@H](n2cnc(C)nc2=O)C[C@H]1C.CC[C@H]1O[C@H](OC(C)=O)C[C@H]1C.C[Si](C)(C)Nc1ncnc(O[Si](C)(C)C)n1.Nc1ncn([C@H]2C[C@@H](O)[C@@H](CO)O2)c(=O)n1.O=S(=O)(O)C(F)(F)F. The van der Waals surface area contributed by atoms with Crippen molar-refractivity contribution in [2.24, 2.45) is 11.8 Å². The van der Waals surface area contributed by atoms with Crippen LogP contribution in [0.15, 0.2) is 28.6 Å². The molecular formula is C40H69F3N12O13SSi2. The molecule has 31 heteroatoms. The van der Waals surface area contributed by atoms with Crippen LogP contribution < -0.4 is 26.5 Å². The van der Waals surface area contributed by atoms with Gasteiger partial charge in [0, 0.05) is 26.7 Å². The van der Waals surface area contributed by atoms with Crippen LogP contribution in [0.3, 0.4) is 0 Å². The molecule has 0 aliphatic carbocycles. The molecule has 3 fully saturated rings. The third-order valence-electron chi connectivity index (χ3n) is 9.49. The molecule has 0 unspecified atom stereocenters. The number of nitriles is 1. The second-order valence-electron chi connectivity index (χ2n) is 18.0. The van der Waals surface area contributed by atoms with Crippen molar-refractivity contribution < 1.29 is 64.5 Å². The first-order valence-corrected chi connectivity index (χ1v) is 30.6. The van der Waals surface area contributed by atoms with Gasteiger partial charge in [-0.15, -0.1) is 0 Å². The summed E-state index contributed by atoms with van der Waals surface area (Å²) in [5, 5.41) is 25.7. The first kappa shape index (κ1) is 63.9. The van der Waals surface area contributed by atoms with Crippen LogP contribution in [-0.4, -0.2) is 133 Å². The zero-order valence-corrected chi connectivity index (χ0v) is 45.0. The van der Waals surface area contributed by atoms with Gasteiger partial charge in [-0.25, -0.2) is 24.5 Å². The molecule has 3 saturated heterocycles. The zero-order valence-electron chi connectivity index (χ0n) is 42.2. The zero-order chi connectivity index (χ0) is 54.7.